The van der Waals surface area contributed by atoms with Crippen molar-refractivity contribution < 1.29 is 9.53 Å². The average Bonchev–Trinajstić information content (AvgIpc) is 2.04. The Kier molecular flexibility index (Phi) is 3.34. The predicted molar refractivity (Wildman–Crippen MR) is 45.8 cm³/mol. The van der Waals surface area contributed by atoms with Crippen molar-refractivity contribution >= 4 is 6.09 Å². The minimum atomic E-state index is -0.353. The zero-order valence-corrected chi connectivity index (χ0v) is 7.38. The van der Waals surface area contributed by atoms with Crippen molar-refractivity contribution in [2.75, 3.05) is 7.11 Å². The normalized spacial score (nSPS) is 29.5. The molecule has 4 heteroatoms. The van der Waals surface area contributed by atoms with Crippen molar-refractivity contribution in [2.24, 2.45) is 5.73 Å². The Balaban J connectivity index is 2.27. The van der Waals surface area contributed by atoms with Crippen LogP contribution in [0.1, 0.15) is 25.7 Å². The van der Waals surface area contributed by atoms with Gasteiger partial charge in [0, 0.05) is 12.1 Å². The molecule has 0 radical (unpaired) electrons. The molecule has 0 aliphatic heterocycles. The molecule has 0 aromatic heterocycles. The maximum atomic E-state index is 10.8. The molecule has 0 aromatic carbocycles. The van der Waals surface area contributed by atoms with Gasteiger partial charge in [-0.3, -0.25) is 0 Å². The SMILES string of the molecule is COC(=O)NC1CCCC(N)C1. The summed E-state index contributed by atoms with van der Waals surface area (Å²) in [6, 6.07) is 0.446. The van der Waals surface area contributed by atoms with E-state index in [1.165, 1.54) is 7.11 Å². The van der Waals surface area contributed by atoms with Crippen LogP contribution in [0.4, 0.5) is 4.79 Å². The number of ether oxygens (including phenoxy) is 1. The summed E-state index contributed by atoms with van der Waals surface area (Å²) < 4.78 is 4.50. The van der Waals surface area contributed by atoms with Crippen LogP contribution in [0.3, 0.4) is 0 Å². The number of nitrogens with two attached hydrogens (primary N) is 1. The highest BCUT2D eigenvalue weighted by Crippen LogP contribution is 2.16. The van der Waals surface area contributed by atoms with Crippen LogP contribution >= 0.6 is 0 Å². The number of amides is 1. The molecule has 2 atom stereocenters. The molecule has 0 aromatic rings. The molecule has 4 nitrogen and oxygen atoms in total. The van der Waals surface area contributed by atoms with Crippen LogP contribution in [0.15, 0.2) is 0 Å². The standard InChI is InChI=1S/C8H16N2O2/c1-12-8(11)10-7-4-2-3-6(9)5-7/h6-7H,2-5,9H2,1H3,(H,10,11). The first-order valence-electron chi connectivity index (χ1n) is 4.32. The summed E-state index contributed by atoms with van der Waals surface area (Å²) in [5.41, 5.74) is 5.75. The van der Waals surface area contributed by atoms with Crippen LogP contribution in [-0.4, -0.2) is 25.3 Å². The summed E-state index contributed by atoms with van der Waals surface area (Å²) in [7, 11) is 1.37. The third kappa shape index (κ3) is 2.70. The van der Waals surface area contributed by atoms with Crippen molar-refractivity contribution in [3.8, 4) is 0 Å². The number of rotatable bonds is 1. The van der Waals surface area contributed by atoms with E-state index in [2.05, 4.69) is 10.1 Å². The number of carbonyl (C=O) groups excluding carboxylic acids is 1. The van der Waals surface area contributed by atoms with Gasteiger partial charge in [-0.05, 0) is 25.7 Å². The second-order valence-corrected chi connectivity index (χ2v) is 3.26. The Morgan fingerprint density at radius 3 is 2.92 bits per heavy atom. The van der Waals surface area contributed by atoms with E-state index in [1.54, 1.807) is 0 Å². The largest absolute Gasteiger partial charge is 0.453 e. The van der Waals surface area contributed by atoms with Crippen LogP contribution in [0.25, 0.3) is 0 Å². The van der Waals surface area contributed by atoms with E-state index in [4.69, 9.17) is 5.73 Å². The summed E-state index contributed by atoms with van der Waals surface area (Å²) >= 11 is 0. The Hall–Kier alpha value is -0.770. The summed E-state index contributed by atoms with van der Waals surface area (Å²) in [5.74, 6) is 0. The summed E-state index contributed by atoms with van der Waals surface area (Å²) in [6.07, 6.45) is 3.70. The van der Waals surface area contributed by atoms with Crippen molar-refractivity contribution in [2.45, 2.75) is 37.8 Å². The van der Waals surface area contributed by atoms with E-state index in [1.807, 2.05) is 0 Å². The molecule has 1 amide bonds. The fraction of sp³-hybridized carbons (Fsp3) is 0.875. The first kappa shape index (κ1) is 9.32. The molecule has 1 aliphatic rings. The minimum absolute atomic E-state index is 0.209. The fourth-order valence-electron chi connectivity index (χ4n) is 1.58. The number of nitrogens with one attached hydrogen (secondary N) is 1. The second kappa shape index (κ2) is 4.30. The molecule has 70 valence electrons. The average molecular weight is 172 g/mol. The molecule has 0 spiro atoms. The van der Waals surface area contributed by atoms with Crippen molar-refractivity contribution in [3.05, 3.63) is 0 Å². The third-order valence-electron chi connectivity index (χ3n) is 2.22. The first-order chi connectivity index (χ1) is 5.72. The first-order valence-corrected chi connectivity index (χ1v) is 4.32. The lowest BCUT2D eigenvalue weighted by molar-refractivity contribution is 0.162. The molecule has 1 aliphatic carbocycles. The summed E-state index contributed by atoms with van der Waals surface area (Å²) in [5, 5.41) is 2.76. The number of hydrogen-bond donors (Lipinski definition) is 2. The van der Waals surface area contributed by atoms with E-state index in [0.29, 0.717) is 0 Å². The van der Waals surface area contributed by atoms with Gasteiger partial charge in [0.15, 0.2) is 0 Å². The zero-order chi connectivity index (χ0) is 8.97. The Bertz CT molecular complexity index is 161. The van der Waals surface area contributed by atoms with Gasteiger partial charge in [-0.25, -0.2) is 4.79 Å². The van der Waals surface area contributed by atoms with Crippen LogP contribution in [0.2, 0.25) is 0 Å². The molecule has 12 heavy (non-hydrogen) atoms. The maximum absolute atomic E-state index is 10.8. The monoisotopic (exact) mass is 172 g/mol. The predicted octanol–water partition coefficient (Wildman–Crippen LogP) is 0.612. The zero-order valence-electron chi connectivity index (χ0n) is 7.38. The Morgan fingerprint density at radius 2 is 2.33 bits per heavy atom. The van der Waals surface area contributed by atoms with Gasteiger partial charge in [-0.15, -0.1) is 0 Å². The molecular formula is C8H16N2O2. The third-order valence-corrected chi connectivity index (χ3v) is 2.22. The Labute approximate surface area is 72.5 Å². The van der Waals surface area contributed by atoms with E-state index in [-0.39, 0.29) is 18.2 Å². The van der Waals surface area contributed by atoms with Gasteiger partial charge >= 0.3 is 6.09 Å². The molecule has 2 unspecified atom stereocenters. The van der Waals surface area contributed by atoms with Crippen molar-refractivity contribution in [1.82, 2.24) is 5.32 Å². The second-order valence-electron chi connectivity index (χ2n) is 3.26. The molecule has 3 N–H and O–H groups in total. The summed E-state index contributed by atoms with van der Waals surface area (Å²) in [6.45, 7) is 0. The number of methoxy groups -OCH3 is 1. The highest BCUT2D eigenvalue weighted by Gasteiger charge is 2.20. The van der Waals surface area contributed by atoms with Gasteiger partial charge in [0.25, 0.3) is 0 Å². The van der Waals surface area contributed by atoms with Gasteiger partial charge in [-0.1, -0.05) is 0 Å². The van der Waals surface area contributed by atoms with Gasteiger partial charge in [-0.2, -0.15) is 0 Å². The molecule has 1 rings (SSSR count). The van der Waals surface area contributed by atoms with E-state index in [9.17, 15) is 4.79 Å². The highest BCUT2D eigenvalue weighted by atomic mass is 16.5. The van der Waals surface area contributed by atoms with E-state index >= 15 is 0 Å². The molecule has 1 saturated carbocycles. The number of hydrogen-bond acceptors (Lipinski definition) is 3. The molecular weight excluding hydrogens is 156 g/mol. The minimum Gasteiger partial charge on any atom is -0.453 e. The van der Waals surface area contributed by atoms with E-state index in [0.717, 1.165) is 25.7 Å². The molecule has 0 bridgehead atoms. The molecule has 0 saturated heterocycles. The van der Waals surface area contributed by atoms with Gasteiger partial charge in [0.1, 0.15) is 0 Å². The lowest BCUT2D eigenvalue weighted by Gasteiger charge is -2.26. The Morgan fingerprint density at radius 1 is 1.58 bits per heavy atom. The lowest BCUT2D eigenvalue weighted by atomic mass is 9.92. The van der Waals surface area contributed by atoms with Gasteiger partial charge < -0.3 is 15.8 Å². The molecule has 0 heterocycles. The topological polar surface area (TPSA) is 64.3 Å². The maximum Gasteiger partial charge on any atom is 0.407 e. The molecule has 1 fully saturated rings. The summed E-state index contributed by atoms with van der Waals surface area (Å²) in [4.78, 5) is 10.8. The van der Waals surface area contributed by atoms with E-state index < -0.39 is 0 Å². The van der Waals surface area contributed by atoms with Gasteiger partial charge in [0.2, 0.25) is 0 Å². The van der Waals surface area contributed by atoms with Crippen LogP contribution in [0.5, 0.6) is 0 Å². The smallest absolute Gasteiger partial charge is 0.407 e. The number of alkyl carbamates (subject to hydrolysis) is 1. The lowest BCUT2D eigenvalue weighted by Crippen LogP contribution is -2.42. The van der Waals surface area contributed by atoms with Crippen LogP contribution < -0.4 is 11.1 Å². The quantitative estimate of drug-likeness (QED) is 0.609. The van der Waals surface area contributed by atoms with Crippen LogP contribution in [0, 0.1) is 0 Å². The van der Waals surface area contributed by atoms with Gasteiger partial charge in [0.05, 0.1) is 7.11 Å². The fourth-order valence-corrected chi connectivity index (χ4v) is 1.58. The van der Waals surface area contributed by atoms with Crippen molar-refractivity contribution in [1.29, 1.82) is 0 Å². The number of carbonyl (C=O) groups is 1. The highest BCUT2D eigenvalue weighted by molar-refractivity contribution is 5.67. The van der Waals surface area contributed by atoms with Crippen LogP contribution in [-0.2, 0) is 4.74 Å². The van der Waals surface area contributed by atoms with Crippen molar-refractivity contribution in [3.63, 3.8) is 0 Å².